The zero-order chi connectivity index (χ0) is 20.0. The molecule has 164 valence electrons. The summed E-state index contributed by atoms with van der Waals surface area (Å²) < 4.78 is 27.5. The summed E-state index contributed by atoms with van der Waals surface area (Å²) in [6.07, 6.45) is 1.82. The van der Waals surface area contributed by atoms with Crippen LogP contribution in [0.1, 0.15) is 40.5 Å². The van der Waals surface area contributed by atoms with Crippen LogP contribution in [0, 0.1) is 0 Å². The van der Waals surface area contributed by atoms with E-state index >= 15 is 0 Å². The topological polar surface area (TPSA) is 70.2 Å². The van der Waals surface area contributed by atoms with E-state index < -0.39 is 0 Å². The second kappa shape index (κ2) is 22.0. The van der Waals surface area contributed by atoms with Gasteiger partial charge in [0.05, 0.1) is 39.6 Å². The Balaban J connectivity index is 2.99. The molecule has 0 saturated heterocycles. The summed E-state index contributed by atoms with van der Waals surface area (Å²) in [7, 11) is 0. The number of ether oxygens (including phenoxy) is 5. The summed E-state index contributed by atoms with van der Waals surface area (Å²) in [4.78, 5) is 0. The molecule has 27 heavy (non-hydrogen) atoms. The molecule has 0 aliphatic carbocycles. The lowest BCUT2D eigenvalue weighted by atomic mass is 10.4. The van der Waals surface area contributed by atoms with Crippen LogP contribution in [0.15, 0.2) is 0 Å². The largest absolute Gasteiger partial charge is 0.381 e. The maximum Gasteiger partial charge on any atom is 0.0701 e. The van der Waals surface area contributed by atoms with Crippen LogP contribution in [0.5, 0.6) is 0 Å². The lowest BCUT2D eigenvalue weighted by Crippen LogP contribution is -2.27. The van der Waals surface area contributed by atoms with Crippen molar-refractivity contribution in [2.75, 3.05) is 79.2 Å². The van der Waals surface area contributed by atoms with Crippen LogP contribution in [0.25, 0.3) is 0 Å². The van der Waals surface area contributed by atoms with Gasteiger partial charge in [-0.1, -0.05) is 27.7 Å². The Morgan fingerprint density at radius 2 is 0.741 bits per heavy atom. The number of hydrogen-bond donors (Lipinski definition) is 2. The Bertz CT molecular complexity index is 255. The Morgan fingerprint density at radius 3 is 1.07 bits per heavy atom. The molecule has 0 amide bonds. The van der Waals surface area contributed by atoms with Gasteiger partial charge >= 0.3 is 0 Å². The highest BCUT2D eigenvalue weighted by molar-refractivity contribution is 4.51. The average Bonchev–Trinajstić information content (AvgIpc) is 2.62. The highest BCUT2D eigenvalue weighted by Gasteiger charge is 1.95. The van der Waals surface area contributed by atoms with Gasteiger partial charge in [-0.3, -0.25) is 0 Å². The Morgan fingerprint density at radius 1 is 0.444 bits per heavy atom. The normalized spacial score (nSPS) is 11.8. The van der Waals surface area contributed by atoms with Gasteiger partial charge in [-0.05, 0) is 12.8 Å². The fraction of sp³-hybridized carbons (Fsp3) is 1.00. The lowest BCUT2D eigenvalue weighted by Gasteiger charge is -2.09. The van der Waals surface area contributed by atoms with E-state index in [0.717, 1.165) is 52.4 Å². The molecule has 0 aliphatic rings. The number of hydrogen-bond acceptors (Lipinski definition) is 7. The first kappa shape index (κ1) is 26.7. The zero-order valence-corrected chi connectivity index (χ0v) is 18.1. The van der Waals surface area contributed by atoms with Gasteiger partial charge in [0.25, 0.3) is 0 Å². The molecule has 0 spiro atoms. The van der Waals surface area contributed by atoms with Crippen molar-refractivity contribution in [3.8, 4) is 0 Å². The van der Waals surface area contributed by atoms with E-state index in [4.69, 9.17) is 23.7 Å². The zero-order valence-electron chi connectivity index (χ0n) is 18.1. The maximum atomic E-state index is 5.56. The first-order chi connectivity index (χ1) is 13.1. The van der Waals surface area contributed by atoms with Crippen molar-refractivity contribution >= 4 is 0 Å². The Labute approximate surface area is 166 Å². The molecular formula is C20H44N2O5. The molecule has 0 heterocycles. The molecule has 0 saturated carbocycles. The fourth-order valence-corrected chi connectivity index (χ4v) is 2.11. The highest BCUT2D eigenvalue weighted by Crippen LogP contribution is 1.90. The van der Waals surface area contributed by atoms with Gasteiger partial charge in [0, 0.05) is 51.6 Å². The van der Waals surface area contributed by atoms with Crippen molar-refractivity contribution < 1.29 is 23.7 Å². The van der Waals surface area contributed by atoms with Crippen LogP contribution < -0.4 is 10.6 Å². The van der Waals surface area contributed by atoms with Crippen molar-refractivity contribution in [1.29, 1.82) is 0 Å². The van der Waals surface area contributed by atoms with E-state index in [0.29, 0.717) is 51.7 Å². The standard InChI is InChI=1S/C20H44N2O5/c1-19(2)21-7-13-26-17-15-24-11-5-9-23-10-6-12-25-16-18-27-14-8-22-20(3)4/h19-22H,5-18H2,1-4H3. The molecule has 7 nitrogen and oxygen atoms in total. The van der Waals surface area contributed by atoms with Crippen molar-refractivity contribution in [2.24, 2.45) is 0 Å². The molecule has 0 bridgehead atoms. The average molecular weight is 393 g/mol. The number of nitrogens with one attached hydrogen (secondary N) is 2. The van der Waals surface area contributed by atoms with Gasteiger partial charge < -0.3 is 34.3 Å². The molecule has 0 unspecified atom stereocenters. The van der Waals surface area contributed by atoms with Crippen LogP contribution in [0.3, 0.4) is 0 Å². The summed E-state index contributed by atoms with van der Waals surface area (Å²) in [6, 6.07) is 1.01. The smallest absolute Gasteiger partial charge is 0.0701 e. The van der Waals surface area contributed by atoms with E-state index in [9.17, 15) is 0 Å². The van der Waals surface area contributed by atoms with E-state index in [-0.39, 0.29) is 0 Å². The molecule has 0 aromatic heterocycles. The van der Waals surface area contributed by atoms with Gasteiger partial charge in [-0.2, -0.15) is 0 Å². The quantitative estimate of drug-likeness (QED) is 0.273. The molecule has 0 aromatic rings. The van der Waals surface area contributed by atoms with Crippen LogP contribution >= 0.6 is 0 Å². The summed E-state index contributed by atoms with van der Waals surface area (Å²) in [5.41, 5.74) is 0. The molecule has 0 fully saturated rings. The monoisotopic (exact) mass is 392 g/mol. The third-order valence-corrected chi connectivity index (χ3v) is 3.50. The minimum Gasteiger partial charge on any atom is -0.381 e. The second-order valence-electron chi connectivity index (χ2n) is 6.99. The van der Waals surface area contributed by atoms with Crippen LogP contribution in [0.2, 0.25) is 0 Å². The molecular weight excluding hydrogens is 348 g/mol. The molecule has 0 rings (SSSR count). The summed E-state index contributed by atoms with van der Waals surface area (Å²) in [6.45, 7) is 17.2. The van der Waals surface area contributed by atoms with E-state index in [1.54, 1.807) is 0 Å². The minimum absolute atomic E-state index is 0.507. The van der Waals surface area contributed by atoms with Gasteiger partial charge in [0.1, 0.15) is 0 Å². The predicted octanol–water partition coefficient (Wildman–Crippen LogP) is 1.85. The van der Waals surface area contributed by atoms with Crippen LogP contribution in [-0.4, -0.2) is 91.2 Å². The molecule has 0 aromatic carbocycles. The lowest BCUT2D eigenvalue weighted by molar-refractivity contribution is 0.0256. The third-order valence-electron chi connectivity index (χ3n) is 3.50. The van der Waals surface area contributed by atoms with E-state index in [2.05, 4.69) is 38.3 Å². The van der Waals surface area contributed by atoms with Crippen molar-refractivity contribution in [3.63, 3.8) is 0 Å². The van der Waals surface area contributed by atoms with Gasteiger partial charge in [-0.25, -0.2) is 0 Å². The summed E-state index contributed by atoms with van der Waals surface area (Å²) >= 11 is 0. The molecule has 0 aliphatic heterocycles. The molecule has 2 N–H and O–H groups in total. The fourth-order valence-electron chi connectivity index (χ4n) is 2.11. The third kappa shape index (κ3) is 25.7. The van der Waals surface area contributed by atoms with Gasteiger partial charge in [-0.15, -0.1) is 0 Å². The van der Waals surface area contributed by atoms with Crippen LogP contribution in [0.4, 0.5) is 0 Å². The first-order valence-electron chi connectivity index (χ1n) is 10.5. The van der Waals surface area contributed by atoms with Crippen molar-refractivity contribution in [1.82, 2.24) is 10.6 Å². The molecule has 0 radical (unpaired) electrons. The Hall–Kier alpha value is -0.280. The van der Waals surface area contributed by atoms with Gasteiger partial charge in [0.2, 0.25) is 0 Å². The summed E-state index contributed by atoms with van der Waals surface area (Å²) in [5.74, 6) is 0. The van der Waals surface area contributed by atoms with Crippen molar-refractivity contribution in [2.45, 2.75) is 52.6 Å². The first-order valence-corrected chi connectivity index (χ1v) is 10.5. The van der Waals surface area contributed by atoms with Crippen LogP contribution in [-0.2, 0) is 23.7 Å². The van der Waals surface area contributed by atoms with E-state index in [1.807, 2.05) is 0 Å². The van der Waals surface area contributed by atoms with E-state index in [1.165, 1.54) is 0 Å². The minimum atomic E-state index is 0.507. The predicted molar refractivity (Wildman–Crippen MR) is 110 cm³/mol. The maximum absolute atomic E-state index is 5.56. The number of rotatable bonds is 22. The second-order valence-corrected chi connectivity index (χ2v) is 6.99. The summed E-state index contributed by atoms with van der Waals surface area (Å²) in [5, 5.41) is 6.61. The molecule has 0 atom stereocenters. The SMILES string of the molecule is CC(C)NCCOCCOCCCOCCCOCCOCCNC(C)C. The van der Waals surface area contributed by atoms with Gasteiger partial charge in [0.15, 0.2) is 0 Å². The molecule has 7 heteroatoms. The Kier molecular flexibility index (Phi) is 21.8. The highest BCUT2D eigenvalue weighted by atomic mass is 16.5. The van der Waals surface area contributed by atoms with Crippen molar-refractivity contribution in [3.05, 3.63) is 0 Å².